The summed E-state index contributed by atoms with van der Waals surface area (Å²) in [6, 6.07) is 22.3. The molecule has 0 saturated carbocycles. The van der Waals surface area contributed by atoms with Crippen molar-refractivity contribution in [1.29, 1.82) is 5.41 Å². The van der Waals surface area contributed by atoms with Crippen LogP contribution in [0.4, 0.5) is 0 Å². The first kappa shape index (κ1) is 26.3. The van der Waals surface area contributed by atoms with E-state index >= 15 is 0 Å². The molecule has 0 spiro atoms. The molecule has 0 amide bonds. The van der Waals surface area contributed by atoms with E-state index in [1.54, 1.807) is 7.11 Å². The lowest BCUT2D eigenvalue weighted by atomic mass is 9.78. The maximum Gasteiger partial charge on any atom is 0.203 e. The van der Waals surface area contributed by atoms with Crippen LogP contribution in [0.2, 0.25) is 0 Å². The number of imidazole rings is 1. The zero-order chi connectivity index (χ0) is 27.0. The first-order valence-corrected chi connectivity index (χ1v) is 12.7. The number of aromatic hydroxyl groups is 1. The average Bonchev–Trinajstić information content (AvgIpc) is 3.09. The molecule has 0 aliphatic carbocycles. The average molecular weight is 499 g/mol. The molecule has 0 aliphatic heterocycles. The molecule has 0 atom stereocenters. The molecule has 6 heteroatoms. The lowest BCUT2D eigenvalue weighted by Gasteiger charge is -2.28. The largest absolute Gasteiger partial charge is 0.507 e. The number of aromatic nitrogens is 2. The number of nitrogens with one attached hydrogen (secondary N) is 1. The molecule has 0 bridgehead atoms. The highest BCUT2D eigenvalue weighted by molar-refractivity contribution is 6.01. The van der Waals surface area contributed by atoms with Crippen LogP contribution in [-0.2, 0) is 28.8 Å². The van der Waals surface area contributed by atoms with E-state index in [-0.39, 0.29) is 10.8 Å². The van der Waals surface area contributed by atoms with Gasteiger partial charge in [-0.25, -0.2) is 0 Å². The summed E-state index contributed by atoms with van der Waals surface area (Å²) >= 11 is 0. The number of phenolic OH excluding ortho intramolecular Hbond substituents is 1. The molecule has 0 unspecified atom stereocenters. The number of rotatable bonds is 6. The van der Waals surface area contributed by atoms with E-state index in [1.165, 1.54) is 0 Å². The highest BCUT2D eigenvalue weighted by Gasteiger charge is 2.28. The Morgan fingerprint density at radius 3 is 1.86 bits per heavy atom. The van der Waals surface area contributed by atoms with Crippen molar-refractivity contribution in [3.05, 3.63) is 94.6 Å². The molecular weight excluding hydrogens is 460 g/mol. The van der Waals surface area contributed by atoms with Gasteiger partial charge in [-0.1, -0.05) is 89.2 Å². The Bertz CT molecular complexity index is 1460. The number of fused-ring (bicyclic) bond motifs is 1. The van der Waals surface area contributed by atoms with Gasteiger partial charge in [-0.05, 0) is 40.7 Å². The molecule has 1 heterocycles. The van der Waals surface area contributed by atoms with Gasteiger partial charge in [-0.3, -0.25) is 5.41 Å². The van der Waals surface area contributed by atoms with Crippen molar-refractivity contribution in [2.24, 2.45) is 5.16 Å². The van der Waals surface area contributed by atoms with Crippen molar-refractivity contribution in [2.75, 3.05) is 7.11 Å². The Kier molecular flexibility index (Phi) is 7.05. The predicted molar refractivity (Wildman–Crippen MR) is 150 cm³/mol. The van der Waals surface area contributed by atoms with Crippen LogP contribution in [0.15, 0.2) is 71.9 Å². The molecule has 0 aliphatic rings. The minimum absolute atomic E-state index is 0.266. The third-order valence-corrected chi connectivity index (χ3v) is 6.73. The van der Waals surface area contributed by atoms with Gasteiger partial charge in [-0.2, -0.15) is 0 Å². The standard InChI is InChI=1S/C31H38N4O2/c1-30(2,3)23-17-22(18-24(28(23)36)31(4,5)6)25(33-37-7)20-35-27-16-12-11-15-26(27)34(29(35)32)19-21-13-9-8-10-14-21/h8-18,32,36H,19-20H2,1-7H3/b32-29?,33-25-. The van der Waals surface area contributed by atoms with Gasteiger partial charge in [0.1, 0.15) is 18.6 Å². The topological polar surface area (TPSA) is 75.5 Å². The summed E-state index contributed by atoms with van der Waals surface area (Å²) in [7, 11) is 1.54. The second-order valence-corrected chi connectivity index (χ2v) is 11.6. The lowest BCUT2D eigenvalue weighted by molar-refractivity contribution is 0.212. The molecule has 2 N–H and O–H groups in total. The fraction of sp³-hybridized carbons (Fsp3) is 0.355. The van der Waals surface area contributed by atoms with Crippen LogP contribution in [0.25, 0.3) is 11.0 Å². The highest BCUT2D eigenvalue weighted by atomic mass is 16.6. The fourth-order valence-electron chi connectivity index (χ4n) is 4.76. The molecule has 1 aromatic heterocycles. The zero-order valence-electron chi connectivity index (χ0n) is 23.0. The third kappa shape index (κ3) is 5.33. The van der Waals surface area contributed by atoms with E-state index in [0.717, 1.165) is 33.3 Å². The van der Waals surface area contributed by atoms with Gasteiger partial charge in [0.15, 0.2) is 0 Å². The quantitative estimate of drug-likeness (QED) is 0.241. The van der Waals surface area contributed by atoms with Crippen LogP contribution in [0.5, 0.6) is 5.75 Å². The van der Waals surface area contributed by atoms with Crippen molar-refractivity contribution in [2.45, 2.75) is 65.5 Å². The molecule has 37 heavy (non-hydrogen) atoms. The van der Waals surface area contributed by atoms with Gasteiger partial charge in [0.05, 0.1) is 24.1 Å². The van der Waals surface area contributed by atoms with E-state index in [4.69, 9.17) is 10.2 Å². The van der Waals surface area contributed by atoms with Gasteiger partial charge in [0.25, 0.3) is 0 Å². The number of phenols is 1. The Labute approximate surface area is 219 Å². The molecule has 3 aromatic carbocycles. The molecule has 0 radical (unpaired) electrons. The summed E-state index contributed by atoms with van der Waals surface area (Å²) in [5.74, 6) is 0.328. The molecule has 4 aromatic rings. The fourth-order valence-corrected chi connectivity index (χ4v) is 4.76. The van der Waals surface area contributed by atoms with Crippen LogP contribution in [-0.4, -0.2) is 27.1 Å². The number of hydrogen-bond acceptors (Lipinski definition) is 4. The van der Waals surface area contributed by atoms with Crippen LogP contribution < -0.4 is 5.62 Å². The Morgan fingerprint density at radius 1 is 0.838 bits per heavy atom. The summed E-state index contributed by atoms with van der Waals surface area (Å²) in [5, 5.41) is 24.8. The molecule has 0 fully saturated rings. The van der Waals surface area contributed by atoms with Gasteiger partial charge in [-0.15, -0.1) is 0 Å². The molecule has 194 valence electrons. The van der Waals surface area contributed by atoms with E-state index in [0.29, 0.717) is 30.2 Å². The van der Waals surface area contributed by atoms with E-state index < -0.39 is 0 Å². The predicted octanol–water partition coefficient (Wildman–Crippen LogP) is 6.32. The van der Waals surface area contributed by atoms with Gasteiger partial charge >= 0.3 is 0 Å². The second kappa shape index (κ2) is 9.92. The molecule has 0 saturated heterocycles. The molecule has 4 rings (SSSR count). The number of nitrogens with zero attached hydrogens (tertiary/aromatic N) is 3. The minimum Gasteiger partial charge on any atom is -0.507 e. The van der Waals surface area contributed by atoms with Gasteiger partial charge in [0, 0.05) is 16.7 Å². The van der Waals surface area contributed by atoms with Crippen molar-refractivity contribution in [3.63, 3.8) is 0 Å². The van der Waals surface area contributed by atoms with Crippen molar-refractivity contribution >= 4 is 16.7 Å². The van der Waals surface area contributed by atoms with E-state index in [2.05, 4.69) is 64.9 Å². The van der Waals surface area contributed by atoms with Crippen LogP contribution in [0.3, 0.4) is 0 Å². The van der Waals surface area contributed by atoms with Gasteiger partial charge in [0.2, 0.25) is 5.62 Å². The Morgan fingerprint density at radius 2 is 1.35 bits per heavy atom. The zero-order valence-corrected chi connectivity index (χ0v) is 23.0. The number of benzene rings is 3. The van der Waals surface area contributed by atoms with Crippen LogP contribution in [0.1, 0.15) is 63.8 Å². The normalized spacial score (nSPS) is 12.8. The molecular formula is C31H38N4O2. The van der Waals surface area contributed by atoms with E-state index in [1.807, 2.05) is 57.7 Å². The summed E-state index contributed by atoms with van der Waals surface area (Å²) in [6.45, 7) is 13.5. The lowest BCUT2D eigenvalue weighted by Crippen LogP contribution is -2.28. The summed E-state index contributed by atoms with van der Waals surface area (Å²) in [4.78, 5) is 5.31. The monoisotopic (exact) mass is 498 g/mol. The maximum atomic E-state index is 11.2. The summed E-state index contributed by atoms with van der Waals surface area (Å²) in [6.07, 6.45) is 0. The van der Waals surface area contributed by atoms with Crippen LogP contribution >= 0.6 is 0 Å². The second-order valence-electron chi connectivity index (χ2n) is 11.6. The first-order valence-electron chi connectivity index (χ1n) is 12.7. The number of para-hydroxylation sites is 2. The number of hydrogen-bond donors (Lipinski definition) is 2. The Balaban J connectivity index is 1.87. The number of oxime groups is 1. The smallest absolute Gasteiger partial charge is 0.203 e. The van der Waals surface area contributed by atoms with Crippen LogP contribution in [0, 0.1) is 5.41 Å². The van der Waals surface area contributed by atoms with Crippen molar-refractivity contribution in [3.8, 4) is 5.75 Å². The van der Waals surface area contributed by atoms with Crippen molar-refractivity contribution < 1.29 is 9.94 Å². The van der Waals surface area contributed by atoms with Gasteiger partial charge < -0.3 is 19.1 Å². The van der Waals surface area contributed by atoms with Crippen molar-refractivity contribution in [1.82, 2.24) is 9.13 Å². The highest BCUT2D eigenvalue weighted by Crippen LogP contribution is 2.40. The maximum absolute atomic E-state index is 11.2. The SMILES string of the molecule is CO/N=C(/Cn1c(=N)n(Cc2ccccc2)c2ccccc21)c1cc(C(C)(C)C)c(O)c(C(C)(C)C)c1. The minimum atomic E-state index is -0.266. The van der Waals surface area contributed by atoms with E-state index in [9.17, 15) is 5.11 Å². The molecule has 6 nitrogen and oxygen atoms in total. The summed E-state index contributed by atoms with van der Waals surface area (Å²) < 4.78 is 3.99. The Hall–Kier alpha value is -3.80. The summed E-state index contributed by atoms with van der Waals surface area (Å²) in [5.41, 5.74) is 6.24. The third-order valence-electron chi connectivity index (χ3n) is 6.73. The first-order chi connectivity index (χ1) is 17.4.